The second-order valence-electron chi connectivity index (χ2n) is 5.86. The van der Waals surface area contributed by atoms with Crippen molar-refractivity contribution in [3.8, 4) is 0 Å². The summed E-state index contributed by atoms with van der Waals surface area (Å²) < 4.78 is 7.24. The highest BCUT2D eigenvalue weighted by Crippen LogP contribution is 2.27. The van der Waals surface area contributed by atoms with E-state index in [1.807, 2.05) is 17.6 Å². The fraction of sp³-hybridized carbons (Fsp3) is 0.294. The quantitative estimate of drug-likeness (QED) is 0.780. The molecule has 1 atom stereocenters. The molecular formula is C17H18N6O2. The minimum Gasteiger partial charge on any atom is -0.467 e. The lowest BCUT2D eigenvalue weighted by Gasteiger charge is -2.33. The Hall–Kier alpha value is -3.16. The Morgan fingerprint density at radius 1 is 1.32 bits per heavy atom. The van der Waals surface area contributed by atoms with E-state index in [0.29, 0.717) is 23.9 Å². The van der Waals surface area contributed by atoms with Gasteiger partial charge in [0.15, 0.2) is 0 Å². The van der Waals surface area contributed by atoms with Gasteiger partial charge in [0.05, 0.1) is 18.8 Å². The number of carbonyl (C=O) groups is 1. The van der Waals surface area contributed by atoms with Crippen molar-refractivity contribution in [2.75, 3.05) is 11.4 Å². The Morgan fingerprint density at radius 2 is 2.16 bits per heavy atom. The number of rotatable bonds is 4. The summed E-state index contributed by atoms with van der Waals surface area (Å²) in [5, 5.41) is 2.82. The molecule has 0 saturated carbocycles. The topological polar surface area (TPSA) is 89.1 Å². The van der Waals surface area contributed by atoms with E-state index in [1.165, 1.54) is 0 Å². The normalized spacial score (nSPS) is 16.5. The van der Waals surface area contributed by atoms with Crippen LogP contribution in [-0.2, 0) is 13.1 Å². The summed E-state index contributed by atoms with van der Waals surface area (Å²) in [6.07, 6.45) is 6.83. The van der Waals surface area contributed by atoms with Crippen molar-refractivity contribution in [1.29, 1.82) is 0 Å². The molecule has 8 nitrogen and oxygen atoms in total. The van der Waals surface area contributed by atoms with E-state index in [1.54, 1.807) is 37.0 Å². The lowest BCUT2D eigenvalue weighted by molar-refractivity contribution is 0.0943. The molecule has 4 rings (SSSR count). The summed E-state index contributed by atoms with van der Waals surface area (Å²) in [5.41, 5.74) is 0.407. The predicted octanol–water partition coefficient (Wildman–Crippen LogP) is 1.78. The lowest BCUT2D eigenvalue weighted by Crippen LogP contribution is -2.37. The molecule has 1 N–H and O–H groups in total. The van der Waals surface area contributed by atoms with Crippen molar-refractivity contribution in [2.24, 2.45) is 0 Å². The van der Waals surface area contributed by atoms with Crippen LogP contribution < -0.4 is 10.2 Å². The number of carbonyl (C=O) groups excluding carboxylic acids is 1. The van der Waals surface area contributed by atoms with E-state index in [9.17, 15) is 4.79 Å². The number of hydrogen-bond acceptors (Lipinski definition) is 6. The first-order chi connectivity index (χ1) is 12.2. The summed E-state index contributed by atoms with van der Waals surface area (Å²) >= 11 is 0. The summed E-state index contributed by atoms with van der Waals surface area (Å²) in [4.78, 5) is 27.6. The molecule has 1 amide bonds. The molecule has 0 aromatic carbocycles. The molecule has 0 saturated heterocycles. The third kappa shape index (κ3) is 2.98. The van der Waals surface area contributed by atoms with Gasteiger partial charge >= 0.3 is 0 Å². The minimum atomic E-state index is -0.215. The largest absolute Gasteiger partial charge is 0.467 e. The molecule has 0 aliphatic carbocycles. The maximum absolute atomic E-state index is 12.3. The highest BCUT2D eigenvalue weighted by Gasteiger charge is 2.29. The van der Waals surface area contributed by atoms with Crippen LogP contribution in [0, 0.1) is 0 Å². The van der Waals surface area contributed by atoms with Crippen molar-refractivity contribution < 1.29 is 9.21 Å². The average Bonchev–Trinajstić information content (AvgIpc) is 3.31. The van der Waals surface area contributed by atoms with Gasteiger partial charge < -0.3 is 19.2 Å². The van der Waals surface area contributed by atoms with Gasteiger partial charge in [0, 0.05) is 31.7 Å². The van der Waals surface area contributed by atoms with Gasteiger partial charge in [-0.25, -0.2) is 15.0 Å². The lowest BCUT2D eigenvalue weighted by atomic mass is 10.2. The van der Waals surface area contributed by atoms with Gasteiger partial charge in [-0.1, -0.05) is 0 Å². The molecule has 0 bridgehead atoms. The van der Waals surface area contributed by atoms with Gasteiger partial charge in [0.2, 0.25) is 5.95 Å². The van der Waals surface area contributed by atoms with E-state index in [4.69, 9.17) is 4.42 Å². The highest BCUT2D eigenvalue weighted by atomic mass is 16.3. The number of nitrogens with zero attached hydrogens (tertiary/aromatic N) is 5. The number of aromatic nitrogens is 4. The summed E-state index contributed by atoms with van der Waals surface area (Å²) in [5.74, 6) is 2.00. The number of imidazole rings is 1. The zero-order chi connectivity index (χ0) is 17.2. The van der Waals surface area contributed by atoms with E-state index in [2.05, 4.69) is 25.2 Å². The first-order valence-corrected chi connectivity index (χ1v) is 8.13. The SMILES string of the molecule is C[C@H]1c2nc(C(=O)NCc3ccco3)cn2CCN1c1ncccn1. The van der Waals surface area contributed by atoms with Gasteiger partial charge in [0.25, 0.3) is 5.91 Å². The predicted molar refractivity (Wildman–Crippen MR) is 89.9 cm³/mol. The Kier molecular flexibility index (Phi) is 3.93. The maximum Gasteiger partial charge on any atom is 0.271 e. The van der Waals surface area contributed by atoms with E-state index in [0.717, 1.165) is 18.9 Å². The van der Waals surface area contributed by atoms with Gasteiger partial charge in [0.1, 0.15) is 17.3 Å². The zero-order valence-corrected chi connectivity index (χ0v) is 13.8. The van der Waals surface area contributed by atoms with Crippen molar-refractivity contribution in [3.05, 3.63) is 60.3 Å². The molecule has 3 aromatic heterocycles. The molecule has 0 fully saturated rings. The maximum atomic E-state index is 12.3. The molecule has 0 radical (unpaired) electrons. The highest BCUT2D eigenvalue weighted by molar-refractivity contribution is 5.92. The van der Waals surface area contributed by atoms with Crippen LogP contribution in [0.1, 0.15) is 35.0 Å². The fourth-order valence-electron chi connectivity index (χ4n) is 2.98. The third-order valence-electron chi connectivity index (χ3n) is 4.28. The first kappa shape index (κ1) is 15.4. The molecule has 1 aliphatic rings. The Balaban J connectivity index is 1.50. The standard InChI is InChI=1S/C17H18N6O2/c1-12-15-21-14(16(24)20-10-13-4-2-9-25-13)11-22(15)7-8-23(12)17-18-5-3-6-19-17/h2-6,9,11-12H,7-8,10H2,1H3,(H,20,24)/t12-/m0/s1. The van der Waals surface area contributed by atoms with Crippen molar-refractivity contribution in [3.63, 3.8) is 0 Å². The number of amides is 1. The molecule has 0 unspecified atom stereocenters. The second-order valence-corrected chi connectivity index (χ2v) is 5.86. The van der Waals surface area contributed by atoms with Crippen LogP contribution in [-0.4, -0.2) is 32.0 Å². The third-order valence-corrected chi connectivity index (χ3v) is 4.28. The van der Waals surface area contributed by atoms with Gasteiger partial charge in [-0.15, -0.1) is 0 Å². The number of furan rings is 1. The van der Waals surface area contributed by atoms with Gasteiger partial charge in [-0.05, 0) is 25.1 Å². The molecule has 1 aliphatic heterocycles. The van der Waals surface area contributed by atoms with Crippen LogP contribution >= 0.6 is 0 Å². The summed E-state index contributed by atoms with van der Waals surface area (Å²) in [6.45, 7) is 3.88. The van der Waals surface area contributed by atoms with E-state index < -0.39 is 0 Å². The number of nitrogens with one attached hydrogen (secondary N) is 1. The molecule has 128 valence electrons. The van der Waals surface area contributed by atoms with E-state index >= 15 is 0 Å². The molecule has 8 heteroatoms. The molecule has 25 heavy (non-hydrogen) atoms. The fourth-order valence-corrected chi connectivity index (χ4v) is 2.98. The average molecular weight is 338 g/mol. The van der Waals surface area contributed by atoms with Crippen LogP contribution in [0.15, 0.2) is 47.5 Å². The molecular weight excluding hydrogens is 320 g/mol. The van der Waals surface area contributed by atoms with Gasteiger partial charge in [-0.3, -0.25) is 4.79 Å². The van der Waals surface area contributed by atoms with Crippen molar-refractivity contribution in [2.45, 2.75) is 26.1 Å². The van der Waals surface area contributed by atoms with Gasteiger partial charge in [-0.2, -0.15) is 0 Å². The summed E-state index contributed by atoms with van der Waals surface area (Å²) in [6, 6.07) is 5.39. The molecule has 0 spiro atoms. The van der Waals surface area contributed by atoms with E-state index in [-0.39, 0.29) is 11.9 Å². The smallest absolute Gasteiger partial charge is 0.271 e. The Labute approximate surface area is 144 Å². The van der Waals surface area contributed by atoms with Crippen LogP contribution in [0.5, 0.6) is 0 Å². The number of hydrogen-bond donors (Lipinski definition) is 1. The monoisotopic (exact) mass is 338 g/mol. The second kappa shape index (κ2) is 6.39. The minimum absolute atomic E-state index is 0.0113. The Bertz CT molecular complexity index is 859. The van der Waals surface area contributed by atoms with Crippen molar-refractivity contribution >= 4 is 11.9 Å². The zero-order valence-electron chi connectivity index (χ0n) is 13.8. The first-order valence-electron chi connectivity index (χ1n) is 8.13. The Morgan fingerprint density at radius 3 is 2.92 bits per heavy atom. The summed E-state index contributed by atoms with van der Waals surface area (Å²) in [7, 11) is 0. The number of fused-ring (bicyclic) bond motifs is 1. The molecule has 3 aromatic rings. The van der Waals surface area contributed by atoms with Crippen molar-refractivity contribution in [1.82, 2.24) is 24.8 Å². The van der Waals surface area contributed by atoms with Crippen LogP contribution in [0.4, 0.5) is 5.95 Å². The number of anilines is 1. The van der Waals surface area contributed by atoms with Crippen LogP contribution in [0.3, 0.4) is 0 Å². The van der Waals surface area contributed by atoms with Crippen LogP contribution in [0.25, 0.3) is 0 Å². The van der Waals surface area contributed by atoms with Crippen LogP contribution in [0.2, 0.25) is 0 Å². The molecule has 4 heterocycles.